The highest BCUT2D eigenvalue weighted by Gasteiger charge is 2.26. The number of allylic oxidation sites excluding steroid dienone is 1. The van der Waals surface area contributed by atoms with E-state index in [1.807, 2.05) is 34.1 Å². The maximum absolute atomic E-state index is 6.23. The zero-order chi connectivity index (χ0) is 11.2. The Morgan fingerprint density at radius 2 is 2.07 bits per heavy atom. The average Bonchev–Trinajstić information content (AvgIpc) is 2.61. The van der Waals surface area contributed by atoms with Crippen LogP contribution in [-0.2, 0) is 7.05 Å². The molecule has 0 aliphatic carbocycles. The van der Waals surface area contributed by atoms with Crippen molar-refractivity contribution in [1.29, 1.82) is 0 Å². The van der Waals surface area contributed by atoms with Gasteiger partial charge in [0, 0.05) is 26.0 Å². The summed E-state index contributed by atoms with van der Waals surface area (Å²) in [6.07, 6.45) is 2.10. The molecule has 0 fully saturated rings. The van der Waals surface area contributed by atoms with Gasteiger partial charge in [-0.3, -0.25) is 4.68 Å². The Balaban J connectivity index is 2.36. The van der Waals surface area contributed by atoms with E-state index in [0.717, 1.165) is 22.1 Å². The van der Waals surface area contributed by atoms with Crippen LogP contribution in [0.2, 0.25) is 5.02 Å². The van der Waals surface area contributed by atoms with Crippen molar-refractivity contribution in [2.75, 3.05) is 7.05 Å². The van der Waals surface area contributed by atoms with E-state index in [4.69, 9.17) is 11.6 Å². The molecule has 0 amide bonds. The molecule has 0 bridgehead atoms. The first-order valence-corrected chi connectivity index (χ1v) is 5.24. The Bertz CT molecular complexity index is 421. The van der Waals surface area contributed by atoms with Gasteiger partial charge in [0.25, 0.3) is 0 Å². The molecular formula is C10H15ClN4. The van der Waals surface area contributed by atoms with E-state index in [1.165, 1.54) is 0 Å². The number of halogens is 1. The van der Waals surface area contributed by atoms with Crippen molar-refractivity contribution in [2.24, 2.45) is 7.05 Å². The SMILES string of the molecule is CC1=CN(C)C(c2nn(C)c(C)c2Cl)N1. The van der Waals surface area contributed by atoms with Crippen molar-refractivity contribution < 1.29 is 0 Å². The minimum Gasteiger partial charge on any atom is -0.363 e. The fourth-order valence-corrected chi connectivity index (χ4v) is 2.04. The number of aryl methyl sites for hydroxylation is 1. The quantitative estimate of drug-likeness (QED) is 0.793. The topological polar surface area (TPSA) is 33.1 Å². The second-order valence-corrected chi connectivity index (χ2v) is 4.31. The van der Waals surface area contributed by atoms with E-state index in [-0.39, 0.29) is 6.17 Å². The third kappa shape index (κ3) is 1.59. The van der Waals surface area contributed by atoms with Gasteiger partial charge in [0.15, 0.2) is 0 Å². The predicted octanol–water partition coefficient (Wildman–Crippen LogP) is 1.78. The molecule has 1 aromatic rings. The van der Waals surface area contributed by atoms with Crippen LogP contribution in [0.3, 0.4) is 0 Å². The first-order valence-electron chi connectivity index (χ1n) is 4.86. The minimum absolute atomic E-state index is 0.0531. The Hall–Kier alpha value is -1.16. The molecule has 1 aliphatic rings. The van der Waals surface area contributed by atoms with Crippen molar-refractivity contribution in [3.8, 4) is 0 Å². The Morgan fingerprint density at radius 1 is 1.40 bits per heavy atom. The predicted molar refractivity (Wildman–Crippen MR) is 60.4 cm³/mol. The fourth-order valence-electron chi connectivity index (χ4n) is 1.78. The largest absolute Gasteiger partial charge is 0.363 e. The average molecular weight is 227 g/mol. The van der Waals surface area contributed by atoms with Gasteiger partial charge in [-0.1, -0.05) is 11.6 Å². The lowest BCUT2D eigenvalue weighted by molar-refractivity contribution is 0.329. The van der Waals surface area contributed by atoms with E-state index < -0.39 is 0 Å². The zero-order valence-corrected chi connectivity index (χ0v) is 10.1. The maximum atomic E-state index is 6.23. The molecule has 15 heavy (non-hydrogen) atoms. The molecule has 0 saturated heterocycles. The highest BCUT2D eigenvalue weighted by atomic mass is 35.5. The monoisotopic (exact) mass is 226 g/mol. The van der Waals surface area contributed by atoms with Crippen LogP contribution < -0.4 is 5.32 Å². The minimum atomic E-state index is 0.0531. The van der Waals surface area contributed by atoms with E-state index in [1.54, 1.807) is 4.68 Å². The number of hydrogen-bond acceptors (Lipinski definition) is 3. The molecule has 0 aromatic carbocycles. The molecule has 0 spiro atoms. The van der Waals surface area contributed by atoms with Crippen LogP contribution in [0.15, 0.2) is 11.9 Å². The summed E-state index contributed by atoms with van der Waals surface area (Å²) in [5, 5.41) is 8.49. The molecule has 0 radical (unpaired) electrons. The summed E-state index contributed by atoms with van der Waals surface area (Å²) in [7, 11) is 3.91. The molecule has 5 heteroatoms. The molecule has 82 valence electrons. The summed E-state index contributed by atoms with van der Waals surface area (Å²) >= 11 is 6.23. The molecule has 1 N–H and O–H groups in total. The normalized spacial score (nSPS) is 20.5. The third-order valence-electron chi connectivity index (χ3n) is 2.71. The lowest BCUT2D eigenvalue weighted by Crippen LogP contribution is -2.25. The molecule has 1 aliphatic heterocycles. The molecule has 2 rings (SSSR count). The summed E-state index contributed by atoms with van der Waals surface area (Å²) in [6.45, 7) is 3.99. The number of hydrogen-bond donors (Lipinski definition) is 1. The Morgan fingerprint density at radius 3 is 2.47 bits per heavy atom. The van der Waals surface area contributed by atoms with Gasteiger partial charge >= 0.3 is 0 Å². The van der Waals surface area contributed by atoms with Crippen molar-refractivity contribution in [3.63, 3.8) is 0 Å². The van der Waals surface area contributed by atoms with Gasteiger partial charge in [0.1, 0.15) is 11.9 Å². The van der Waals surface area contributed by atoms with Crippen molar-refractivity contribution in [2.45, 2.75) is 20.0 Å². The summed E-state index contributed by atoms with van der Waals surface area (Å²) in [4.78, 5) is 2.07. The molecule has 2 heterocycles. The highest BCUT2D eigenvalue weighted by molar-refractivity contribution is 6.31. The number of nitrogens with zero attached hydrogens (tertiary/aromatic N) is 3. The summed E-state index contributed by atoms with van der Waals surface area (Å²) in [6, 6.07) is 0. The molecule has 4 nitrogen and oxygen atoms in total. The first-order chi connectivity index (χ1) is 7.00. The van der Waals surface area contributed by atoms with Gasteiger partial charge in [-0.15, -0.1) is 0 Å². The standard InChI is InChI=1S/C10H15ClN4/c1-6-5-14(3)10(12-6)9-8(11)7(2)15(4)13-9/h5,10,12H,1-4H3. The lowest BCUT2D eigenvalue weighted by atomic mass is 10.3. The second kappa shape index (κ2) is 3.45. The third-order valence-corrected chi connectivity index (χ3v) is 3.18. The van der Waals surface area contributed by atoms with Crippen molar-refractivity contribution >= 4 is 11.6 Å². The fraction of sp³-hybridized carbons (Fsp3) is 0.500. The summed E-state index contributed by atoms with van der Waals surface area (Å²) in [5.41, 5.74) is 3.00. The van der Waals surface area contributed by atoms with Crippen LogP contribution >= 0.6 is 11.6 Å². The van der Waals surface area contributed by atoms with Gasteiger partial charge < -0.3 is 10.2 Å². The Labute approximate surface area is 94.5 Å². The van der Waals surface area contributed by atoms with Gasteiger partial charge in [0.2, 0.25) is 0 Å². The van der Waals surface area contributed by atoms with Gasteiger partial charge in [-0.25, -0.2) is 0 Å². The summed E-state index contributed by atoms with van der Waals surface area (Å²) < 4.78 is 1.81. The van der Waals surface area contributed by atoms with Crippen LogP contribution in [0.1, 0.15) is 24.5 Å². The molecular weight excluding hydrogens is 212 g/mol. The highest BCUT2D eigenvalue weighted by Crippen LogP contribution is 2.30. The second-order valence-electron chi connectivity index (χ2n) is 3.93. The van der Waals surface area contributed by atoms with Crippen LogP contribution in [0.25, 0.3) is 0 Å². The zero-order valence-electron chi connectivity index (χ0n) is 9.37. The van der Waals surface area contributed by atoms with Crippen molar-refractivity contribution in [3.05, 3.63) is 28.3 Å². The van der Waals surface area contributed by atoms with E-state index in [0.29, 0.717) is 0 Å². The molecule has 1 atom stereocenters. The van der Waals surface area contributed by atoms with Crippen LogP contribution in [-0.4, -0.2) is 21.7 Å². The van der Waals surface area contributed by atoms with Crippen molar-refractivity contribution in [1.82, 2.24) is 20.0 Å². The van der Waals surface area contributed by atoms with Gasteiger partial charge in [-0.05, 0) is 13.8 Å². The smallest absolute Gasteiger partial charge is 0.146 e. The number of rotatable bonds is 1. The lowest BCUT2D eigenvalue weighted by Gasteiger charge is -2.19. The number of nitrogens with one attached hydrogen (secondary N) is 1. The van der Waals surface area contributed by atoms with Gasteiger partial charge in [0.05, 0.1) is 10.7 Å². The van der Waals surface area contributed by atoms with Gasteiger partial charge in [-0.2, -0.15) is 5.10 Å². The van der Waals surface area contributed by atoms with E-state index >= 15 is 0 Å². The van der Waals surface area contributed by atoms with Crippen LogP contribution in [0, 0.1) is 6.92 Å². The molecule has 1 aromatic heterocycles. The Kier molecular flexibility index (Phi) is 2.38. The van der Waals surface area contributed by atoms with Crippen LogP contribution in [0.5, 0.6) is 0 Å². The molecule has 1 unspecified atom stereocenters. The molecule has 0 saturated carbocycles. The summed E-state index contributed by atoms with van der Waals surface area (Å²) in [5.74, 6) is 0. The van der Waals surface area contributed by atoms with E-state index in [9.17, 15) is 0 Å². The maximum Gasteiger partial charge on any atom is 0.146 e. The van der Waals surface area contributed by atoms with Crippen LogP contribution in [0.4, 0.5) is 0 Å². The van der Waals surface area contributed by atoms with E-state index in [2.05, 4.69) is 15.3 Å². The number of aromatic nitrogens is 2. The first kappa shape index (κ1) is 10.4.